The number of tetrazole rings is 1. The molecule has 0 atom stereocenters. The van der Waals surface area contributed by atoms with Gasteiger partial charge < -0.3 is 4.74 Å². The molecule has 2 rings (SSSR count). The molecule has 1 aliphatic heterocycles. The summed E-state index contributed by atoms with van der Waals surface area (Å²) in [7, 11) is 0. The summed E-state index contributed by atoms with van der Waals surface area (Å²) in [6, 6.07) is 0. The van der Waals surface area contributed by atoms with E-state index in [1.54, 1.807) is 0 Å². The molecule has 7 heteroatoms. The highest BCUT2D eigenvalue weighted by molar-refractivity contribution is 5.72. The third-order valence-electron chi connectivity index (χ3n) is 3.17. The van der Waals surface area contributed by atoms with Gasteiger partial charge in [-0.2, -0.15) is 5.21 Å². The molecule has 0 spiro atoms. The fraction of sp³-hybridized carbons (Fsp3) is 0.692. The van der Waals surface area contributed by atoms with Gasteiger partial charge in [-0.05, 0) is 24.0 Å². The summed E-state index contributed by atoms with van der Waals surface area (Å²) >= 11 is 0. The summed E-state index contributed by atoms with van der Waals surface area (Å²) in [5, 5.41) is 13.9. The van der Waals surface area contributed by atoms with E-state index in [4.69, 9.17) is 4.74 Å². The second-order valence-electron chi connectivity index (χ2n) is 5.37. The van der Waals surface area contributed by atoms with Crippen LogP contribution in [0.3, 0.4) is 0 Å². The molecule has 20 heavy (non-hydrogen) atoms. The van der Waals surface area contributed by atoms with E-state index in [1.165, 1.54) is 0 Å². The fourth-order valence-corrected chi connectivity index (χ4v) is 2.04. The fourth-order valence-electron chi connectivity index (χ4n) is 2.04. The molecule has 0 saturated heterocycles. The highest BCUT2D eigenvalue weighted by Gasteiger charge is 2.19. The van der Waals surface area contributed by atoms with E-state index in [0.29, 0.717) is 31.4 Å². The summed E-state index contributed by atoms with van der Waals surface area (Å²) in [6.07, 6.45) is 3.87. The van der Waals surface area contributed by atoms with Gasteiger partial charge in [-0.15, -0.1) is 10.2 Å². The van der Waals surface area contributed by atoms with Crippen LogP contribution in [-0.2, 0) is 9.53 Å². The number of aromatic nitrogens is 4. The number of hydrogen-bond acceptors (Lipinski definition) is 6. The van der Waals surface area contributed by atoms with Crippen LogP contribution in [0.1, 0.15) is 32.5 Å². The van der Waals surface area contributed by atoms with Gasteiger partial charge in [0.2, 0.25) is 5.82 Å². The largest absolute Gasteiger partial charge is 0.465 e. The topological polar surface area (TPSA) is 84.0 Å². The summed E-state index contributed by atoms with van der Waals surface area (Å²) in [6.45, 7) is 6.53. The highest BCUT2D eigenvalue weighted by atomic mass is 16.5. The zero-order valence-corrected chi connectivity index (χ0v) is 12.0. The zero-order valence-electron chi connectivity index (χ0n) is 12.0. The Morgan fingerprint density at radius 2 is 2.40 bits per heavy atom. The van der Waals surface area contributed by atoms with Crippen molar-refractivity contribution in [1.82, 2.24) is 25.5 Å². The standard InChI is InChI=1S/C13H21N5O2/c1-10(2)5-7-20-12(19)9-18-6-3-4-11(8-18)13-14-16-17-15-13/h4,10H,3,5-9H2,1-2H3,(H,14,15,16,17). The Hall–Kier alpha value is -1.76. The van der Waals surface area contributed by atoms with Crippen LogP contribution in [-0.4, -0.2) is 57.7 Å². The lowest BCUT2D eigenvalue weighted by Gasteiger charge is -2.25. The smallest absolute Gasteiger partial charge is 0.320 e. The molecule has 1 aromatic rings. The number of H-pyrrole nitrogens is 1. The van der Waals surface area contributed by atoms with E-state index >= 15 is 0 Å². The van der Waals surface area contributed by atoms with Crippen LogP contribution in [0.15, 0.2) is 6.08 Å². The third kappa shape index (κ3) is 4.41. The number of rotatable bonds is 6. The van der Waals surface area contributed by atoms with Crippen LogP contribution in [0.2, 0.25) is 0 Å². The molecule has 7 nitrogen and oxygen atoms in total. The van der Waals surface area contributed by atoms with E-state index in [1.807, 2.05) is 4.90 Å². The van der Waals surface area contributed by atoms with E-state index in [2.05, 4.69) is 40.5 Å². The Bertz CT molecular complexity index is 455. The van der Waals surface area contributed by atoms with Crippen LogP contribution < -0.4 is 0 Å². The lowest BCUT2D eigenvalue weighted by Crippen LogP contribution is -2.35. The summed E-state index contributed by atoms with van der Waals surface area (Å²) in [5.74, 6) is 0.980. The molecule has 0 saturated carbocycles. The van der Waals surface area contributed by atoms with Crippen molar-refractivity contribution in [3.05, 3.63) is 11.9 Å². The SMILES string of the molecule is CC(C)CCOC(=O)CN1CCC=C(c2nn[nH]n2)C1. The first-order valence-corrected chi connectivity index (χ1v) is 6.96. The van der Waals surface area contributed by atoms with Crippen LogP contribution in [0, 0.1) is 5.92 Å². The second-order valence-corrected chi connectivity index (χ2v) is 5.37. The average Bonchev–Trinajstić information content (AvgIpc) is 2.92. The van der Waals surface area contributed by atoms with Gasteiger partial charge in [0.05, 0.1) is 13.2 Å². The molecule has 1 aromatic heterocycles. The van der Waals surface area contributed by atoms with Gasteiger partial charge >= 0.3 is 5.97 Å². The number of carbonyl (C=O) groups is 1. The minimum absolute atomic E-state index is 0.167. The molecule has 2 heterocycles. The Kier molecular flexibility index (Phi) is 5.23. The minimum atomic E-state index is -0.167. The maximum absolute atomic E-state index is 11.8. The lowest BCUT2D eigenvalue weighted by molar-refractivity contribution is -0.145. The number of carbonyl (C=O) groups excluding carboxylic acids is 1. The van der Waals surface area contributed by atoms with Crippen LogP contribution in [0.5, 0.6) is 0 Å². The molecule has 0 unspecified atom stereocenters. The van der Waals surface area contributed by atoms with Crippen molar-refractivity contribution in [1.29, 1.82) is 0 Å². The summed E-state index contributed by atoms with van der Waals surface area (Å²) < 4.78 is 5.23. The number of aromatic amines is 1. The average molecular weight is 279 g/mol. The van der Waals surface area contributed by atoms with Crippen molar-refractivity contribution in [2.24, 2.45) is 5.92 Å². The molecule has 110 valence electrons. The summed E-state index contributed by atoms with van der Waals surface area (Å²) in [5.41, 5.74) is 1.000. The van der Waals surface area contributed by atoms with Crippen molar-refractivity contribution in [2.45, 2.75) is 26.7 Å². The van der Waals surface area contributed by atoms with E-state index in [-0.39, 0.29) is 5.97 Å². The van der Waals surface area contributed by atoms with Crippen molar-refractivity contribution in [3.8, 4) is 0 Å². The normalized spacial score (nSPS) is 16.2. The van der Waals surface area contributed by atoms with Gasteiger partial charge in [0, 0.05) is 18.7 Å². The third-order valence-corrected chi connectivity index (χ3v) is 3.17. The number of hydrogen-bond donors (Lipinski definition) is 1. The Morgan fingerprint density at radius 1 is 1.55 bits per heavy atom. The van der Waals surface area contributed by atoms with Crippen molar-refractivity contribution >= 4 is 11.5 Å². The number of nitrogens with zero attached hydrogens (tertiary/aromatic N) is 4. The number of esters is 1. The quantitative estimate of drug-likeness (QED) is 0.778. The zero-order chi connectivity index (χ0) is 14.4. The Labute approximate surface area is 118 Å². The van der Waals surface area contributed by atoms with Crippen molar-refractivity contribution in [2.75, 3.05) is 26.2 Å². The first kappa shape index (κ1) is 14.6. The lowest BCUT2D eigenvalue weighted by atomic mass is 10.1. The maximum Gasteiger partial charge on any atom is 0.320 e. The van der Waals surface area contributed by atoms with E-state index in [0.717, 1.165) is 25.0 Å². The molecule has 1 aliphatic rings. The Balaban J connectivity index is 1.77. The van der Waals surface area contributed by atoms with Gasteiger partial charge in [-0.1, -0.05) is 19.9 Å². The van der Waals surface area contributed by atoms with E-state index in [9.17, 15) is 4.79 Å². The second kappa shape index (κ2) is 7.14. The minimum Gasteiger partial charge on any atom is -0.465 e. The monoisotopic (exact) mass is 279 g/mol. The molecule has 0 aliphatic carbocycles. The number of nitrogens with one attached hydrogen (secondary N) is 1. The predicted molar refractivity (Wildman–Crippen MR) is 73.6 cm³/mol. The molecule has 0 radical (unpaired) electrons. The highest BCUT2D eigenvalue weighted by Crippen LogP contribution is 2.16. The predicted octanol–water partition coefficient (Wildman–Crippen LogP) is 0.878. The molecular weight excluding hydrogens is 258 g/mol. The molecular formula is C13H21N5O2. The number of ether oxygens (including phenoxy) is 1. The van der Waals surface area contributed by atoms with Gasteiger partial charge in [0.25, 0.3) is 0 Å². The van der Waals surface area contributed by atoms with Gasteiger partial charge in [-0.3, -0.25) is 9.69 Å². The maximum atomic E-state index is 11.8. The van der Waals surface area contributed by atoms with Crippen LogP contribution in [0.25, 0.3) is 5.57 Å². The first-order chi connectivity index (χ1) is 9.65. The molecule has 0 bridgehead atoms. The van der Waals surface area contributed by atoms with Crippen molar-refractivity contribution in [3.63, 3.8) is 0 Å². The summed E-state index contributed by atoms with van der Waals surface area (Å²) in [4.78, 5) is 13.8. The molecule has 0 fully saturated rings. The van der Waals surface area contributed by atoms with E-state index < -0.39 is 0 Å². The van der Waals surface area contributed by atoms with Crippen LogP contribution in [0.4, 0.5) is 0 Å². The van der Waals surface area contributed by atoms with Gasteiger partial charge in [0.1, 0.15) is 0 Å². The molecule has 0 aromatic carbocycles. The molecule has 1 N–H and O–H groups in total. The Morgan fingerprint density at radius 3 is 3.10 bits per heavy atom. The van der Waals surface area contributed by atoms with Gasteiger partial charge in [0.15, 0.2) is 0 Å². The first-order valence-electron chi connectivity index (χ1n) is 6.96. The van der Waals surface area contributed by atoms with Crippen LogP contribution >= 0.6 is 0 Å². The molecule has 0 amide bonds. The van der Waals surface area contributed by atoms with Gasteiger partial charge in [-0.25, -0.2) is 0 Å². The van der Waals surface area contributed by atoms with Crippen molar-refractivity contribution < 1.29 is 9.53 Å².